The van der Waals surface area contributed by atoms with Crippen molar-refractivity contribution in [2.75, 3.05) is 25.7 Å². The van der Waals surface area contributed by atoms with Crippen molar-refractivity contribution in [2.24, 2.45) is 0 Å². The van der Waals surface area contributed by atoms with E-state index in [0.29, 0.717) is 34.0 Å². The molecular weight excluding hydrogens is 456 g/mol. The first-order valence-corrected chi connectivity index (χ1v) is 11.4. The first kappa shape index (κ1) is 21.4. The topological polar surface area (TPSA) is 77.8 Å². The van der Waals surface area contributed by atoms with Gasteiger partial charge in [0.2, 0.25) is 0 Å². The summed E-state index contributed by atoms with van der Waals surface area (Å²) in [6.07, 6.45) is 4.67. The molecule has 1 atom stereocenters. The summed E-state index contributed by atoms with van der Waals surface area (Å²) in [6, 6.07) is 8.85. The first-order valence-electron chi connectivity index (χ1n) is 9.18. The molecular formula is C20H23BrN4O3S. The van der Waals surface area contributed by atoms with E-state index in [-0.39, 0.29) is 11.9 Å². The largest absolute Gasteiger partial charge is 0.493 e. The maximum Gasteiger partial charge on any atom is 0.252 e. The highest BCUT2D eigenvalue weighted by molar-refractivity contribution is 9.10. The van der Waals surface area contributed by atoms with Gasteiger partial charge in [0.05, 0.1) is 24.2 Å². The molecule has 29 heavy (non-hydrogen) atoms. The molecule has 1 aromatic carbocycles. The smallest absolute Gasteiger partial charge is 0.252 e. The van der Waals surface area contributed by atoms with Crippen LogP contribution < -0.4 is 14.8 Å². The second-order valence-electron chi connectivity index (χ2n) is 6.22. The fourth-order valence-electron chi connectivity index (χ4n) is 2.98. The Kier molecular flexibility index (Phi) is 7.38. The molecule has 7 nitrogen and oxygen atoms in total. The fourth-order valence-corrected chi connectivity index (χ4v) is 4.00. The number of methoxy groups -OCH3 is 1. The third kappa shape index (κ3) is 4.84. The zero-order chi connectivity index (χ0) is 20.8. The van der Waals surface area contributed by atoms with Crippen molar-refractivity contribution in [3.63, 3.8) is 0 Å². The molecule has 1 N–H and O–H groups in total. The summed E-state index contributed by atoms with van der Waals surface area (Å²) in [7, 11) is 1.55. The maximum absolute atomic E-state index is 13.0. The lowest BCUT2D eigenvalue weighted by Crippen LogP contribution is -2.30. The van der Waals surface area contributed by atoms with Crippen LogP contribution >= 0.6 is 27.7 Å². The number of benzene rings is 1. The summed E-state index contributed by atoms with van der Waals surface area (Å²) in [4.78, 5) is 13.0. The van der Waals surface area contributed by atoms with Crippen LogP contribution in [0.4, 0.5) is 0 Å². The molecule has 0 spiro atoms. The van der Waals surface area contributed by atoms with Gasteiger partial charge in [0.15, 0.2) is 23.0 Å². The van der Waals surface area contributed by atoms with E-state index in [1.807, 2.05) is 42.0 Å². The van der Waals surface area contributed by atoms with Gasteiger partial charge in [-0.2, -0.15) is 11.8 Å². The molecule has 0 bridgehead atoms. The fraction of sp³-hybridized carbons (Fsp3) is 0.350. The van der Waals surface area contributed by atoms with Gasteiger partial charge >= 0.3 is 0 Å². The van der Waals surface area contributed by atoms with E-state index in [1.54, 1.807) is 31.0 Å². The monoisotopic (exact) mass is 478 g/mol. The van der Waals surface area contributed by atoms with Crippen molar-refractivity contribution >= 4 is 39.2 Å². The summed E-state index contributed by atoms with van der Waals surface area (Å²) in [5, 5.41) is 11.6. The molecule has 0 saturated heterocycles. The number of carbonyl (C=O) groups excluding carboxylic acids is 1. The van der Waals surface area contributed by atoms with Gasteiger partial charge in [-0.25, -0.2) is 0 Å². The van der Waals surface area contributed by atoms with Crippen LogP contribution in [0.15, 0.2) is 41.0 Å². The molecule has 0 aliphatic rings. The molecule has 0 radical (unpaired) electrons. The minimum Gasteiger partial charge on any atom is -0.493 e. The highest BCUT2D eigenvalue weighted by Gasteiger charge is 2.22. The Morgan fingerprint density at radius 3 is 2.90 bits per heavy atom. The van der Waals surface area contributed by atoms with Crippen molar-refractivity contribution in [1.82, 2.24) is 19.9 Å². The summed E-state index contributed by atoms with van der Waals surface area (Å²) >= 11 is 5.19. The van der Waals surface area contributed by atoms with Crippen molar-refractivity contribution in [1.29, 1.82) is 0 Å². The number of amides is 1. The van der Waals surface area contributed by atoms with Crippen molar-refractivity contribution in [3.05, 3.63) is 52.4 Å². The molecule has 3 rings (SSSR count). The highest BCUT2D eigenvalue weighted by atomic mass is 79.9. The average Bonchev–Trinajstić information content (AvgIpc) is 3.16. The Morgan fingerprint density at radius 2 is 2.17 bits per heavy atom. The van der Waals surface area contributed by atoms with E-state index in [9.17, 15) is 4.79 Å². The minimum atomic E-state index is -0.274. The summed E-state index contributed by atoms with van der Waals surface area (Å²) in [6.45, 7) is 2.39. The molecule has 0 fully saturated rings. The summed E-state index contributed by atoms with van der Waals surface area (Å²) in [5.74, 6) is 2.45. The molecule has 3 aromatic rings. The number of nitrogens with zero attached hydrogens (tertiary/aromatic N) is 3. The van der Waals surface area contributed by atoms with E-state index in [0.717, 1.165) is 17.8 Å². The standard InChI is InChI=1S/C20H23BrN4O3S/c1-4-28-18-14(21)11-13(12-16(18)27-2)20(26)22-15(8-10-29-3)19-24-23-17-7-5-6-9-25(17)19/h5-7,9,11-12,15H,4,8,10H2,1-3H3,(H,22,26). The number of nitrogens with one attached hydrogen (secondary N) is 1. The van der Waals surface area contributed by atoms with E-state index in [1.165, 1.54) is 0 Å². The number of fused-ring (bicyclic) bond motifs is 1. The third-order valence-electron chi connectivity index (χ3n) is 4.35. The predicted octanol–water partition coefficient (Wildman–Crippen LogP) is 4.12. The number of carbonyl (C=O) groups is 1. The number of pyridine rings is 1. The lowest BCUT2D eigenvalue weighted by molar-refractivity contribution is 0.0933. The second kappa shape index (κ2) is 9.98. The first-order chi connectivity index (χ1) is 14.1. The third-order valence-corrected chi connectivity index (χ3v) is 5.58. The molecule has 9 heteroatoms. The Balaban J connectivity index is 1.90. The number of halogens is 1. The van der Waals surface area contributed by atoms with Gasteiger partial charge in [-0.3, -0.25) is 9.20 Å². The van der Waals surface area contributed by atoms with Crippen LogP contribution in [-0.2, 0) is 0 Å². The zero-order valence-corrected chi connectivity index (χ0v) is 18.9. The SMILES string of the molecule is CCOc1c(Br)cc(C(=O)NC(CCSC)c2nnc3ccccn23)cc1OC. The molecule has 0 aliphatic heterocycles. The van der Waals surface area contributed by atoms with Crippen molar-refractivity contribution in [3.8, 4) is 11.5 Å². The number of ether oxygens (including phenoxy) is 2. The summed E-state index contributed by atoms with van der Waals surface area (Å²) in [5.41, 5.74) is 1.22. The molecule has 2 aromatic heterocycles. The highest BCUT2D eigenvalue weighted by Crippen LogP contribution is 2.36. The van der Waals surface area contributed by atoms with Crippen molar-refractivity contribution < 1.29 is 14.3 Å². The van der Waals surface area contributed by atoms with E-state index in [2.05, 4.69) is 31.4 Å². The minimum absolute atomic E-state index is 0.217. The lowest BCUT2D eigenvalue weighted by Gasteiger charge is -2.18. The second-order valence-corrected chi connectivity index (χ2v) is 8.06. The molecule has 0 aliphatic carbocycles. The normalized spacial score (nSPS) is 12.0. The Hall–Kier alpha value is -2.26. The predicted molar refractivity (Wildman–Crippen MR) is 118 cm³/mol. The number of aromatic nitrogens is 3. The molecule has 2 heterocycles. The van der Waals surface area contributed by atoms with Crippen LogP contribution in [0.2, 0.25) is 0 Å². The van der Waals surface area contributed by atoms with E-state index in [4.69, 9.17) is 9.47 Å². The average molecular weight is 479 g/mol. The van der Waals surface area contributed by atoms with Crippen LogP contribution in [0.5, 0.6) is 11.5 Å². The maximum atomic E-state index is 13.0. The number of thioether (sulfide) groups is 1. The van der Waals surface area contributed by atoms with E-state index < -0.39 is 0 Å². The Morgan fingerprint density at radius 1 is 1.34 bits per heavy atom. The van der Waals surface area contributed by atoms with Crippen LogP contribution in [0.3, 0.4) is 0 Å². The van der Waals surface area contributed by atoms with Crippen LogP contribution in [0, 0.1) is 0 Å². The van der Waals surface area contributed by atoms with Gasteiger partial charge in [0.25, 0.3) is 5.91 Å². The Bertz CT molecular complexity index is 995. The molecule has 0 saturated carbocycles. The van der Waals surface area contributed by atoms with Crippen LogP contribution in [-0.4, -0.2) is 46.2 Å². The number of hydrogen-bond acceptors (Lipinski definition) is 6. The Labute approximate surface area is 182 Å². The summed E-state index contributed by atoms with van der Waals surface area (Å²) < 4.78 is 13.6. The number of rotatable bonds is 9. The van der Waals surface area contributed by atoms with Gasteiger partial charge < -0.3 is 14.8 Å². The molecule has 154 valence electrons. The van der Waals surface area contributed by atoms with Gasteiger partial charge in [0.1, 0.15) is 0 Å². The van der Waals surface area contributed by atoms with Crippen LogP contribution in [0.25, 0.3) is 5.65 Å². The van der Waals surface area contributed by atoms with Gasteiger partial charge in [-0.15, -0.1) is 10.2 Å². The zero-order valence-electron chi connectivity index (χ0n) is 16.5. The van der Waals surface area contributed by atoms with Gasteiger partial charge in [-0.05, 0) is 65.5 Å². The molecule has 1 amide bonds. The molecule has 1 unspecified atom stereocenters. The van der Waals surface area contributed by atoms with Gasteiger partial charge in [0, 0.05) is 11.8 Å². The quantitative estimate of drug-likeness (QED) is 0.498. The van der Waals surface area contributed by atoms with E-state index >= 15 is 0 Å². The van der Waals surface area contributed by atoms with Crippen molar-refractivity contribution in [2.45, 2.75) is 19.4 Å². The lowest BCUT2D eigenvalue weighted by atomic mass is 10.1. The van der Waals surface area contributed by atoms with Crippen LogP contribution in [0.1, 0.15) is 35.6 Å². The number of hydrogen-bond donors (Lipinski definition) is 1. The van der Waals surface area contributed by atoms with Gasteiger partial charge in [-0.1, -0.05) is 6.07 Å².